The highest BCUT2D eigenvalue weighted by atomic mass is 19.1. The third-order valence-corrected chi connectivity index (χ3v) is 3.39. The topological polar surface area (TPSA) is 61.8 Å². The molecule has 0 saturated carbocycles. The molecule has 1 aromatic carbocycles. The van der Waals surface area contributed by atoms with Gasteiger partial charge in [0.25, 0.3) is 0 Å². The van der Waals surface area contributed by atoms with Crippen molar-refractivity contribution in [3.8, 4) is 5.75 Å². The van der Waals surface area contributed by atoms with Crippen molar-refractivity contribution in [3.63, 3.8) is 0 Å². The van der Waals surface area contributed by atoms with Crippen LogP contribution >= 0.6 is 0 Å². The molecule has 25 heavy (non-hydrogen) atoms. The molecule has 5 nitrogen and oxygen atoms in total. The van der Waals surface area contributed by atoms with Crippen LogP contribution in [0.1, 0.15) is 48.0 Å². The smallest absolute Gasteiger partial charge is 0.309 e. The SMILES string of the molecule is C[C@H](CC(=O)OC(C)(C)C)C(=O)O[C@@H](C)[C@@H](C)Oc1ccc(F)cc1. The lowest BCUT2D eigenvalue weighted by Crippen LogP contribution is -2.33. The Hall–Kier alpha value is -2.11. The van der Waals surface area contributed by atoms with E-state index in [0.717, 1.165) is 0 Å². The van der Waals surface area contributed by atoms with E-state index in [4.69, 9.17) is 14.2 Å². The third kappa shape index (κ3) is 8.01. The molecule has 1 aromatic rings. The summed E-state index contributed by atoms with van der Waals surface area (Å²) < 4.78 is 29.1. The average Bonchev–Trinajstić information content (AvgIpc) is 2.47. The van der Waals surface area contributed by atoms with E-state index in [0.29, 0.717) is 5.75 Å². The van der Waals surface area contributed by atoms with Crippen LogP contribution < -0.4 is 4.74 Å². The van der Waals surface area contributed by atoms with Gasteiger partial charge in [0.1, 0.15) is 29.4 Å². The summed E-state index contributed by atoms with van der Waals surface area (Å²) in [5, 5.41) is 0. The molecule has 0 unspecified atom stereocenters. The van der Waals surface area contributed by atoms with Crippen molar-refractivity contribution in [3.05, 3.63) is 30.1 Å². The molecule has 0 fully saturated rings. The molecule has 0 amide bonds. The Labute approximate surface area is 148 Å². The number of rotatable bonds is 7. The van der Waals surface area contributed by atoms with Crippen LogP contribution in [0.25, 0.3) is 0 Å². The molecule has 140 valence electrons. The Morgan fingerprint density at radius 2 is 1.60 bits per heavy atom. The second-order valence-corrected chi connectivity index (χ2v) is 7.11. The minimum absolute atomic E-state index is 0.0456. The summed E-state index contributed by atoms with van der Waals surface area (Å²) in [4.78, 5) is 23.9. The highest BCUT2D eigenvalue weighted by molar-refractivity contribution is 5.79. The predicted octanol–water partition coefficient (Wildman–Crippen LogP) is 3.89. The Bertz CT molecular complexity index is 576. The summed E-state index contributed by atoms with van der Waals surface area (Å²) in [6.45, 7) is 10.4. The Morgan fingerprint density at radius 3 is 2.12 bits per heavy atom. The highest BCUT2D eigenvalue weighted by Crippen LogP contribution is 2.17. The summed E-state index contributed by atoms with van der Waals surface area (Å²) in [6.07, 6.45) is -1.00. The number of hydrogen-bond donors (Lipinski definition) is 0. The zero-order valence-corrected chi connectivity index (χ0v) is 15.7. The minimum Gasteiger partial charge on any atom is -0.487 e. The van der Waals surface area contributed by atoms with Gasteiger partial charge in [0, 0.05) is 0 Å². The number of carbonyl (C=O) groups excluding carboxylic acids is 2. The van der Waals surface area contributed by atoms with E-state index in [1.54, 1.807) is 41.5 Å². The van der Waals surface area contributed by atoms with Crippen LogP contribution in [-0.4, -0.2) is 29.7 Å². The van der Waals surface area contributed by atoms with E-state index in [9.17, 15) is 14.0 Å². The third-order valence-electron chi connectivity index (χ3n) is 3.39. The molecule has 1 rings (SSSR count). The lowest BCUT2D eigenvalue weighted by molar-refractivity contribution is -0.164. The molecule has 0 aliphatic rings. The van der Waals surface area contributed by atoms with Gasteiger partial charge in [-0.1, -0.05) is 6.92 Å². The first-order chi connectivity index (χ1) is 11.5. The zero-order chi connectivity index (χ0) is 19.2. The van der Waals surface area contributed by atoms with Crippen LogP contribution in [0.5, 0.6) is 5.75 Å². The molecule has 0 radical (unpaired) electrons. The van der Waals surface area contributed by atoms with Crippen molar-refractivity contribution in [2.24, 2.45) is 5.92 Å². The van der Waals surface area contributed by atoms with Crippen molar-refractivity contribution in [1.82, 2.24) is 0 Å². The Morgan fingerprint density at radius 1 is 1.04 bits per heavy atom. The number of carbonyl (C=O) groups is 2. The van der Waals surface area contributed by atoms with Gasteiger partial charge in [0.2, 0.25) is 0 Å². The van der Waals surface area contributed by atoms with Gasteiger partial charge in [-0.25, -0.2) is 4.39 Å². The first-order valence-corrected chi connectivity index (χ1v) is 8.32. The van der Waals surface area contributed by atoms with Gasteiger partial charge >= 0.3 is 11.9 Å². The van der Waals surface area contributed by atoms with Crippen molar-refractivity contribution in [2.45, 2.75) is 65.8 Å². The minimum atomic E-state index is -0.615. The fourth-order valence-electron chi connectivity index (χ4n) is 1.94. The number of benzene rings is 1. The molecular formula is C19H27FO5. The largest absolute Gasteiger partial charge is 0.487 e. The van der Waals surface area contributed by atoms with Gasteiger partial charge < -0.3 is 14.2 Å². The van der Waals surface area contributed by atoms with Crippen LogP contribution in [0.3, 0.4) is 0 Å². The van der Waals surface area contributed by atoms with Gasteiger partial charge in [0.05, 0.1) is 12.3 Å². The molecule has 0 bridgehead atoms. The average molecular weight is 354 g/mol. The van der Waals surface area contributed by atoms with E-state index in [2.05, 4.69) is 0 Å². The lowest BCUT2D eigenvalue weighted by atomic mass is 10.1. The van der Waals surface area contributed by atoms with E-state index in [1.807, 2.05) is 0 Å². The summed E-state index contributed by atoms with van der Waals surface area (Å²) >= 11 is 0. The number of ether oxygens (including phenoxy) is 3. The van der Waals surface area contributed by atoms with Gasteiger partial charge in [-0.2, -0.15) is 0 Å². The lowest BCUT2D eigenvalue weighted by Gasteiger charge is -2.24. The highest BCUT2D eigenvalue weighted by Gasteiger charge is 2.26. The molecule has 0 N–H and O–H groups in total. The van der Waals surface area contributed by atoms with E-state index in [1.165, 1.54) is 24.3 Å². The van der Waals surface area contributed by atoms with Gasteiger partial charge in [-0.15, -0.1) is 0 Å². The molecule has 6 heteroatoms. The molecule has 0 aromatic heterocycles. The number of esters is 2. The Kier molecular flexibility index (Phi) is 7.39. The van der Waals surface area contributed by atoms with Crippen molar-refractivity contribution in [1.29, 1.82) is 0 Å². The second-order valence-electron chi connectivity index (χ2n) is 7.11. The van der Waals surface area contributed by atoms with Crippen LogP contribution in [-0.2, 0) is 19.1 Å². The van der Waals surface area contributed by atoms with Crippen molar-refractivity contribution in [2.75, 3.05) is 0 Å². The zero-order valence-electron chi connectivity index (χ0n) is 15.7. The maximum absolute atomic E-state index is 12.9. The van der Waals surface area contributed by atoms with Crippen LogP contribution in [0.4, 0.5) is 4.39 Å². The van der Waals surface area contributed by atoms with E-state index in [-0.39, 0.29) is 12.2 Å². The molecule has 0 spiro atoms. The van der Waals surface area contributed by atoms with Crippen molar-refractivity contribution < 1.29 is 28.2 Å². The standard InChI is InChI=1S/C19H27FO5/c1-12(11-17(21)25-19(4,5)6)18(22)24-14(3)13(2)23-16-9-7-15(20)8-10-16/h7-10,12-14H,11H2,1-6H3/t12-,13-,14+/m1/s1. The molecule has 3 atom stereocenters. The molecule has 0 aliphatic carbocycles. The monoisotopic (exact) mass is 354 g/mol. The predicted molar refractivity (Wildman–Crippen MR) is 91.7 cm³/mol. The molecule has 0 saturated heterocycles. The summed E-state index contributed by atoms with van der Waals surface area (Å²) in [5.74, 6) is -1.42. The number of halogens is 1. The first-order valence-electron chi connectivity index (χ1n) is 8.32. The maximum Gasteiger partial charge on any atom is 0.309 e. The van der Waals surface area contributed by atoms with Crippen LogP contribution in [0.15, 0.2) is 24.3 Å². The Balaban J connectivity index is 2.48. The van der Waals surface area contributed by atoms with Crippen molar-refractivity contribution >= 4 is 11.9 Å². The fraction of sp³-hybridized carbons (Fsp3) is 0.579. The fourth-order valence-corrected chi connectivity index (χ4v) is 1.94. The van der Waals surface area contributed by atoms with Crippen LogP contribution in [0.2, 0.25) is 0 Å². The number of hydrogen-bond acceptors (Lipinski definition) is 5. The quantitative estimate of drug-likeness (QED) is 0.695. The van der Waals surface area contributed by atoms with E-state index >= 15 is 0 Å². The second kappa shape index (κ2) is 8.83. The first kappa shape index (κ1) is 20.9. The van der Waals surface area contributed by atoms with Gasteiger partial charge in [-0.3, -0.25) is 9.59 Å². The maximum atomic E-state index is 12.9. The summed E-state index contributed by atoms with van der Waals surface area (Å²) in [6, 6.07) is 5.60. The van der Waals surface area contributed by atoms with E-state index < -0.39 is 35.7 Å². The van der Waals surface area contributed by atoms with Gasteiger partial charge in [-0.05, 0) is 58.9 Å². The molecule has 0 aliphatic heterocycles. The van der Waals surface area contributed by atoms with Gasteiger partial charge in [0.15, 0.2) is 0 Å². The van der Waals surface area contributed by atoms with Crippen LogP contribution in [0, 0.1) is 11.7 Å². The summed E-state index contributed by atoms with van der Waals surface area (Å²) in [7, 11) is 0. The molecule has 0 heterocycles. The summed E-state index contributed by atoms with van der Waals surface area (Å²) in [5.41, 5.74) is -0.592. The normalized spacial score (nSPS) is 15.0. The molecular weight excluding hydrogens is 327 g/mol.